The van der Waals surface area contributed by atoms with E-state index in [-0.39, 0.29) is 13.4 Å². The third-order valence-electron chi connectivity index (χ3n) is 4.78. The summed E-state index contributed by atoms with van der Waals surface area (Å²) >= 11 is 0. The van der Waals surface area contributed by atoms with E-state index in [4.69, 9.17) is 33.6 Å². The maximum absolute atomic E-state index is 11.4. The van der Waals surface area contributed by atoms with Gasteiger partial charge >= 0.3 is 6.16 Å². The van der Waals surface area contributed by atoms with Gasteiger partial charge < -0.3 is 18.9 Å². The fraction of sp³-hybridized carbons (Fsp3) is 0.269. The predicted octanol–water partition coefficient (Wildman–Crippen LogP) is 6.21. The van der Waals surface area contributed by atoms with Crippen LogP contribution in [0.5, 0.6) is 23.0 Å². The number of benzene rings is 3. The maximum Gasteiger partial charge on any atom is 0.513 e. The Morgan fingerprint density at radius 3 is 2.11 bits per heavy atom. The van der Waals surface area contributed by atoms with Gasteiger partial charge in [-0.1, -0.05) is 18.2 Å². The monoisotopic (exact) mass is 484 g/mol. The summed E-state index contributed by atoms with van der Waals surface area (Å²) in [4.78, 5) is 25.8. The molecule has 0 heterocycles. The molecule has 0 saturated carbocycles. The lowest BCUT2D eigenvalue weighted by atomic mass is 9.99. The number of rotatable bonds is 12. The van der Waals surface area contributed by atoms with E-state index in [2.05, 4.69) is 0 Å². The molecule has 9 heteroatoms. The quantitative estimate of drug-likeness (QED) is 0.0803. The molecule has 0 radical (unpaired) electrons. The first-order valence-corrected chi connectivity index (χ1v) is 11.0. The van der Waals surface area contributed by atoms with E-state index in [9.17, 15) is 10.1 Å². The molecule has 0 aliphatic heterocycles. The topological polar surface area (TPSA) is 102 Å². The smallest absolute Gasteiger partial charge is 0.465 e. The van der Waals surface area contributed by atoms with Crippen LogP contribution in [-0.4, -0.2) is 31.4 Å². The Bertz CT molecular complexity index is 1070. The molecule has 0 aliphatic carbocycles. The van der Waals surface area contributed by atoms with Gasteiger partial charge in [-0.15, -0.1) is 0 Å². The Morgan fingerprint density at radius 1 is 0.829 bits per heavy atom. The Balaban J connectivity index is 1.64. The van der Waals surface area contributed by atoms with Crippen LogP contribution in [0.15, 0.2) is 66.7 Å². The van der Waals surface area contributed by atoms with Gasteiger partial charge in [0, 0.05) is 0 Å². The summed E-state index contributed by atoms with van der Waals surface area (Å²) < 4.78 is 21.2. The highest BCUT2D eigenvalue weighted by Gasteiger charge is 2.17. The fourth-order valence-electron chi connectivity index (χ4n) is 3.16. The van der Waals surface area contributed by atoms with E-state index in [1.54, 1.807) is 61.5 Å². The Morgan fingerprint density at radius 2 is 1.49 bits per heavy atom. The minimum Gasteiger partial charge on any atom is -0.465 e. The third-order valence-corrected chi connectivity index (χ3v) is 4.78. The molecule has 3 aromatic rings. The lowest BCUT2D eigenvalue weighted by Gasteiger charge is -2.17. The molecule has 0 aliphatic rings. The highest BCUT2D eigenvalue weighted by molar-refractivity contribution is 5.63. The van der Waals surface area contributed by atoms with Gasteiger partial charge in [0.05, 0.1) is 13.2 Å². The summed E-state index contributed by atoms with van der Waals surface area (Å²) in [5.74, 6) is 2.13. The van der Waals surface area contributed by atoms with Gasteiger partial charge in [0.2, 0.25) is 6.79 Å². The van der Waals surface area contributed by atoms with Crippen LogP contribution in [0.3, 0.4) is 0 Å². The van der Waals surface area contributed by atoms with Crippen molar-refractivity contribution in [1.82, 2.24) is 0 Å². The van der Waals surface area contributed by atoms with Crippen molar-refractivity contribution in [2.45, 2.75) is 26.9 Å². The van der Waals surface area contributed by atoms with Crippen molar-refractivity contribution in [2.75, 3.05) is 20.0 Å². The molecule has 1 unspecified atom stereocenters. The van der Waals surface area contributed by atoms with Crippen LogP contribution in [0, 0.1) is 6.92 Å². The first-order chi connectivity index (χ1) is 17.0. The molecule has 9 nitrogen and oxygen atoms in total. The molecular formula is C26H28O9. The maximum atomic E-state index is 11.4. The normalized spacial score (nSPS) is 11.5. The number of ether oxygens (including phenoxy) is 4. The van der Waals surface area contributed by atoms with E-state index in [1.165, 1.54) is 0 Å². The van der Waals surface area contributed by atoms with Gasteiger partial charge in [-0.05, 0) is 86.0 Å². The second kappa shape index (κ2) is 13.3. The minimum atomic E-state index is -0.758. The van der Waals surface area contributed by atoms with Crippen LogP contribution < -0.4 is 14.2 Å². The standard InChI is InChI=1S/C26H28O9/c1-4-29-26(27)34-23-13-11-22(12-14-23)33-24-15-8-20(16-18(24)3)25(35-28)19-6-9-21(10-7-19)30-17-32-31-5-2/h6-16,25,28H,4-5,17H2,1-3H3. The average Bonchev–Trinajstić information content (AvgIpc) is 2.86. The highest BCUT2D eigenvalue weighted by atomic mass is 17.2. The summed E-state index contributed by atoms with van der Waals surface area (Å²) in [6.07, 6.45) is -1.46. The summed E-state index contributed by atoms with van der Waals surface area (Å²) in [7, 11) is 0. The first kappa shape index (κ1) is 26.0. The number of carbonyl (C=O) groups is 1. The van der Waals surface area contributed by atoms with E-state index >= 15 is 0 Å². The molecule has 1 N–H and O–H groups in total. The van der Waals surface area contributed by atoms with Gasteiger partial charge in [0.15, 0.2) is 0 Å². The summed E-state index contributed by atoms with van der Waals surface area (Å²) in [5.41, 5.74) is 2.31. The van der Waals surface area contributed by atoms with Gasteiger partial charge in [-0.2, -0.15) is 4.89 Å². The summed E-state index contributed by atoms with van der Waals surface area (Å²) in [6, 6.07) is 19.1. The van der Waals surface area contributed by atoms with Crippen LogP contribution in [0.25, 0.3) is 0 Å². The van der Waals surface area contributed by atoms with Crippen molar-refractivity contribution in [2.24, 2.45) is 0 Å². The molecule has 3 aromatic carbocycles. The lowest BCUT2D eigenvalue weighted by Crippen LogP contribution is -2.09. The zero-order chi connectivity index (χ0) is 25.0. The second-order valence-corrected chi connectivity index (χ2v) is 7.22. The van der Waals surface area contributed by atoms with Crippen molar-refractivity contribution in [3.8, 4) is 23.0 Å². The molecule has 0 saturated heterocycles. The first-order valence-electron chi connectivity index (χ1n) is 11.0. The Hall–Kier alpha value is -3.63. The van der Waals surface area contributed by atoms with Gasteiger partial charge in [-0.25, -0.2) is 14.6 Å². The number of aryl methyl sites for hydroxylation is 1. The molecule has 0 aromatic heterocycles. The van der Waals surface area contributed by atoms with Gasteiger partial charge in [0.25, 0.3) is 0 Å². The van der Waals surface area contributed by atoms with Crippen molar-refractivity contribution in [3.05, 3.63) is 83.4 Å². The molecule has 3 rings (SSSR count). The number of carbonyl (C=O) groups excluding carboxylic acids is 1. The van der Waals surface area contributed by atoms with Crippen molar-refractivity contribution >= 4 is 6.16 Å². The van der Waals surface area contributed by atoms with Crippen LogP contribution >= 0.6 is 0 Å². The molecule has 186 valence electrons. The number of hydrogen-bond acceptors (Lipinski definition) is 9. The highest BCUT2D eigenvalue weighted by Crippen LogP contribution is 2.32. The van der Waals surface area contributed by atoms with E-state index in [0.29, 0.717) is 29.6 Å². The van der Waals surface area contributed by atoms with E-state index in [1.807, 2.05) is 26.0 Å². The van der Waals surface area contributed by atoms with Crippen LogP contribution in [0.1, 0.15) is 36.6 Å². The number of hydrogen-bond donors (Lipinski definition) is 1. The summed E-state index contributed by atoms with van der Waals surface area (Å²) in [6.45, 7) is 6.04. The van der Waals surface area contributed by atoms with Crippen LogP contribution in [0.2, 0.25) is 0 Å². The molecule has 1 atom stereocenters. The SMILES string of the molecule is CCOOCOc1ccc(C(OO)c2ccc(Oc3ccc(OC(=O)OCC)cc3)c(C)c2)cc1. The lowest BCUT2D eigenvalue weighted by molar-refractivity contribution is -0.320. The third kappa shape index (κ3) is 7.69. The molecule has 35 heavy (non-hydrogen) atoms. The van der Waals surface area contributed by atoms with E-state index in [0.717, 1.165) is 16.7 Å². The second-order valence-electron chi connectivity index (χ2n) is 7.22. The zero-order valence-corrected chi connectivity index (χ0v) is 19.8. The average molecular weight is 485 g/mol. The zero-order valence-electron chi connectivity index (χ0n) is 19.8. The largest absolute Gasteiger partial charge is 0.513 e. The van der Waals surface area contributed by atoms with Crippen LogP contribution in [0.4, 0.5) is 4.79 Å². The molecule has 0 amide bonds. The van der Waals surface area contributed by atoms with Crippen molar-refractivity contribution in [3.63, 3.8) is 0 Å². The van der Waals surface area contributed by atoms with Crippen LogP contribution in [-0.2, 0) is 19.4 Å². The summed E-state index contributed by atoms with van der Waals surface area (Å²) in [5, 5.41) is 9.58. The van der Waals surface area contributed by atoms with Gasteiger partial charge in [0.1, 0.15) is 29.1 Å². The molecule has 0 fully saturated rings. The van der Waals surface area contributed by atoms with E-state index < -0.39 is 12.3 Å². The fourth-order valence-corrected chi connectivity index (χ4v) is 3.16. The van der Waals surface area contributed by atoms with Crippen molar-refractivity contribution in [1.29, 1.82) is 0 Å². The predicted molar refractivity (Wildman–Crippen MR) is 126 cm³/mol. The van der Waals surface area contributed by atoms with Gasteiger partial charge in [-0.3, -0.25) is 5.26 Å². The molecule has 0 bridgehead atoms. The Kier molecular flexibility index (Phi) is 9.88. The van der Waals surface area contributed by atoms with Crippen molar-refractivity contribution < 1.29 is 43.7 Å². The Labute approximate surface area is 203 Å². The molecular weight excluding hydrogens is 456 g/mol. The minimum absolute atomic E-state index is 0.0328. The molecule has 0 spiro atoms.